The van der Waals surface area contributed by atoms with Gasteiger partial charge in [0.2, 0.25) is 11.8 Å². The first kappa shape index (κ1) is 24.7. The standard InChI is InChI=1S/C24H30N2O6/c1-24(2,23(30)26(3)4)22(29)25-17(21(27)28)14-15-10-12-16(13-11-15)20-18(31-5)8-7-9-19(20)32-6/h7-13,17H,14H2,1-6H3,(H,25,29)(H,27,28)/t17-/m0/s1. The molecule has 0 bridgehead atoms. The van der Waals surface area contributed by atoms with Crippen molar-refractivity contribution in [3.05, 3.63) is 48.0 Å². The van der Waals surface area contributed by atoms with Crippen LogP contribution in [0, 0.1) is 5.41 Å². The zero-order chi connectivity index (χ0) is 24.1. The van der Waals surface area contributed by atoms with Gasteiger partial charge < -0.3 is 24.8 Å². The van der Waals surface area contributed by atoms with Crippen LogP contribution in [0.25, 0.3) is 11.1 Å². The van der Waals surface area contributed by atoms with E-state index in [2.05, 4.69) is 5.32 Å². The fraction of sp³-hybridized carbons (Fsp3) is 0.375. The van der Waals surface area contributed by atoms with Crippen LogP contribution in [0.1, 0.15) is 19.4 Å². The molecule has 8 heteroatoms. The summed E-state index contributed by atoms with van der Waals surface area (Å²) >= 11 is 0. The van der Waals surface area contributed by atoms with Gasteiger partial charge in [0.1, 0.15) is 23.0 Å². The Kier molecular flexibility index (Phi) is 7.86. The molecule has 172 valence electrons. The summed E-state index contributed by atoms with van der Waals surface area (Å²) in [6.07, 6.45) is 0.0661. The van der Waals surface area contributed by atoms with Crippen LogP contribution in [0.4, 0.5) is 0 Å². The number of nitrogens with one attached hydrogen (secondary N) is 1. The van der Waals surface area contributed by atoms with Crippen molar-refractivity contribution in [3.63, 3.8) is 0 Å². The third-order valence-corrected chi connectivity index (χ3v) is 5.22. The average Bonchev–Trinajstić information content (AvgIpc) is 2.77. The second kappa shape index (κ2) is 10.2. The lowest BCUT2D eigenvalue weighted by Gasteiger charge is -2.27. The molecule has 0 aliphatic heterocycles. The Labute approximate surface area is 188 Å². The number of aliphatic carboxylic acids is 1. The highest BCUT2D eigenvalue weighted by Crippen LogP contribution is 2.38. The van der Waals surface area contributed by atoms with Gasteiger partial charge in [-0.05, 0) is 37.1 Å². The van der Waals surface area contributed by atoms with Crippen molar-refractivity contribution < 1.29 is 29.0 Å². The van der Waals surface area contributed by atoms with Crippen LogP contribution >= 0.6 is 0 Å². The average molecular weight is 443 g/mol. The molecule has 2 rings (SSSR count). The van der Waals surface area contributed by atoms with Gasteiger partial charge in [0.05, 0.1) is 19.8 Å². The van der Waals surface area contributed by atoms with E-state index in [4.69, 9.17) is 9.47 Å². The minimum atomic E-state index is -1.39. The highest BCUT2D eigenvalue weighted by molar-refractivity contribution is 6.05. The molecule has 2 aromatic rings. The Morgan fingerprint density at radius 1 is 1.00 bits per heavy atom. The number of nitrogens with zero attached hydrogens (tertiary/aromatic N) is 1. The molecule has 0 radical (unpaired) electrons. The predicted octanol–water partition coefficient (Wildman–Crippen LogP) is 2.60. The molecule has 32 heavy (non-hydrogen) atoms. The number of rotatable bonds is 9. The molecule has 0 aliphatic carbocycles. The Bertz CT molecular complexity index is 960. The number of ether oxygens (including phenoxy) is 2. The lowest BCUT2D eigenvalue weighted by atomic mass is 9.89. The zero-order valence-corrected chi connectivity index (χ0v) is 19.3. The molecule has 0 saturated heterocycles. The van der Waals surface area contributed by atoms with E-state index in [1.807, 2.05) is 30.3 Å². The summed E-state index contributed by atoms with van der Waals surface area (Å²) in [6, 6.07) is 11.6. The molecule has 1 atom stereocenters. The highest BCUT2D eigenvalue weighted by Gasteiger charge is 2.39. The smallest absolute Gasteiger partial charge is 0.326 e. The first-order valence-corrected chi connectivity index (χ1v) is 10.1. The normalized spacial score (nSPS) is 11.9. The first-order valence-electron chi connectivity index (χ1n) is 10.1. The molecule has 8 nitrogen and oxygen atoms in total. The van der Waals surface area contributed by atoms with E-state index in [1.165, 1.54) is 18.7 Å². The van der Waals surface area contributed by atoms with Crippen LogP contribution in [-0.2, 0) is 20.8 Å². The van der Waals surface area contributed by atoms with Gasteiger partial charge in [0.15, 0.2) is 0 Å². The van der Waals surface area contributed by atoms with Crippen LogP contribution in [0.3, 0.4) is 0 Å². The van der Waals surface area contributed by atoms with Gasteiger partial charge >= 0.3 is 5.97 Å². The van der Waals surface area contributed by atoms with Gasteiger partial charge in [-0.25, -0.2) is 4.79 Å². The maximum atomic E-state index is 12.6. The molecule has 0 fully saturated rings. The highest BCUT2D eigenvalue weighted by atomic mass is 16.5. The van der Waals surface area contributed by atoms with Gasteiger partial charge in [0.25, 0.3) is 0 Å². The number of hydrogen-bond donors (Lipinski definition) is 2. The molecular formula is C24H30N2O6. The number of benzene rings is 2. The number of methoxy groups -OCH3 is 2. The summed E-state index contributed by atoms with van der Waals surface area (Å²) in [4.78, 5) is 38.0. The van der Waals surface area contributed by atoms with E-state index in [0.717, 1.165) is 11.1 Å². The number of carbonyl (C=O) groups excluding carboxylic acids is 2. The van der Waals surface area contributed by atoms with Gasteiger partial charge in [-0.3, -0.25) is 9.59 Å². The van der Waals surface area contributed by atoms with E-state index < -0.39 is 29.2 Å². The van der Waals surface area contributed by atoms with Crippen LogP contribution in [0.15, 0.2) is 42.5 Å². The summed E-state index contributed by atoms with van der Waals surface area (Å²) in [7, 11) is 6.25. The van der Waals surface area contributed by atoms with E-state index in [0.29, 0.717) is 17.1 Å². The van der Waals surface area contributed by atoms with E-state index in [9.17, 15) is 19.5 Å². The van der Waals surface area contributed by atoms with Gasteiger partial charge in [-0.15, -0.1) is 0 Å². The maximum Gasteiger partial charge on any atom is 0.326 e. The van der Waals surface area contributed by atoms with E-state index >= 15 is 0 Å². The lowest BCUT2D eigenvalue weighted by Crippen LogP contribution is -2.52. The summed E-state index contributed by atoms with van der Waals surface area (Å²) in [6.45, 7) is 2.94. The molecule has 0 spiro atoms. The fourth-order valence-corrected chi connectivity index (χ4v) is 3.37. The molecule has 0 heterocycles. The largest absolute Gasteiger partial charge is 0.496 e. The second-order valence-electron chi connectivity index (χ2n) is 8.13. The molecule has 0 saturated carbocycles. The number of carbonyl (C=O) groups is 3. The Morgan fingerprint density at radius 3 is 1.97 bits per heavy atom. The summed E-state index contributed by atoms with van der Waals surface area (Å²) in [5.74, 6) is -0.920. The Hall–Kier alpha value is -3.55. The van der Waals surface area contributed by atoms with Crippen molar-refractivity contribution in [1.82, 2.24) is 10.2 Å². The SMILES string of the molecule is COc1cccc(OC)c1-c1ccc(C[C@H](NC(=O)C(C)(C)C(=O)N(C)C)C(=O)O)cc1. The number of carboxylic acid groups (broad SMARTS) is 1. The van der Waals surface area contributed by atoms with Crippen molar-refractivity contribution >= 4 is 17.8 Å². The minimum Gasteiger partial charge on any atom is -0.496 e. The third-order valence-electron chi connectivity index (χ3n) is 5.22. The van der Waals surface area contributed by atoms with Crippen molar-refractivity contribution in [2.75, 3.05) is 28.3 Å². The van der Waals surface area contributed by atoms with E-state index in [1.54, 1.807) is 40.4 Å². The van der Waals surface area contributed by atoms with Gasteiger partial charge in [-0.1, -0.05) is 30.3 Å². The van der Waals surface area contributed by atoms with Gasteiger partial charge in [0, 0.05) is 20.5 Å². The number of carboxylic acids is 1. The van der Waals surface area contributed by atoms with Crippen molar-refractivity contribution in [1.29, 1.82) is 0 Å². The molecule has 2 aromatic carbocycles. The molecule has 0 unspecified atom stereocenters. The number of amides is 2. The van der Waals surface area contributed by atoms with Crippen molar-refractivity contribution in [2.45, 2.75) is 26.3 Å². The second-order valence-corrected chi connectivity index (χ2v) is 8.13. The topological polar surface area (TPSA) is 105 Å². The summed E-state index contributed by atoms with van der Waals surface area (Å²) < 4.78 is 10.9. The van der Waals surface area contributed by atoms with Crippen LogP contribution in [0.2, 0.25) is 0 Å². The maximum absolute atomic E-state index is 12.6. The molecule has 0 aliphatic rings. The number of hydrogen-bond acceptors (Lipinski definition) is 5. The first-order chi connectivity index (χ1) is 15.0. The monoisotopic (exact) mass is 442 g/mol. The predicted molar refractivity (Wildman–Crippen MR) is 121 cm³/mol. The molecule has 0 aromatic heterocycles. The summed E-state index contributed by atoms with van der Waals surface area (Å²) in [5.41, 5.74) is 0.960. The third kappa shape index (κ3) is 5.38. The fourth-order valence-electron chi connectivity index (χ4n) is 3.37. The zero-order valence-electron chi connectivity index (χ0n) is 19.3. The molecular weight excluding hydrogens is 412 g/mol. The Balaban J connectivity index is 2.24. The van der Waals surface area contributed by atoms with Crippen LogP contribution in [-0.4, -0.2) is 62.1 Å². The van der Waals surface area contributed by atoms with Crippen molar-refractivity contribution in [3.8, 4) is 22.6 Å². The Morgan fingerprint density at radius 2 is 1.53 bits per heavy atom. The molecule has 2 amide bonds. The lowest BCUT2D eigenvalue weighted by molar-refractivity contribution is -0.150. The van der Waals surface area contributed by atoms with Crippen molar-refractivity contribution in [2.24, 2.45) is 5.41 Å². The molecule has 2 N–H and O–H groups in total. The summed E-state index contributed by atoms with van der Waals surface area (Å²) in [5, 5.41) is 12.1. The van der Waals surface area contributed by atoms with Crippen LogP contribution < -0.4 is 14.8 Å². The van der Waals surface area contributed by atoms with E-state index in [-0.39, 0.29) is 6.42 Å². The quantitative estimate of drug-likeness (QED) is 0.579. The minimum absolute atomic E-state index is 0.0661. The van der Waals surface area contributed by atoms with Gasteiger partial charge in [-0.2, -0.15) is 0 Å². The van der Waals surface area contributed by atoms with Crippen LogP contribution in [0.5, 0.6) is 11.5 Å².